The van der Waals surface area contributed by atoms with Crippen molar-refractivity contribution in [3.05, 3.63) is 35.4 Å². The number of hydrogen-bond donors (Lipinski definition) is 1. The summed E-state index contributed by atoms with van der Waals surface area (Å²) in [6.07, 6.45) is 0.573. The van der Waals surface area contributed by atoms with Crippen molar-refractivity contribution in [2.24, 2.45) is 0 Å². The molecule has 1 aromatic carbocycles. The van der Waals surface area contributed by atoms with Crippen LogP contribution in [0.2, 0.25) is 0 Å². The number of carbonyl (C=O) groups is 1. The minimum atomic E-state index is -0.468. The second-order valence-corrected chi connectivity index (χ2v) is 6.59. The molecule has 1 fully saturated rings. The topological polar surface area (TPSA) is 65.4 Å². The summed E-state index contributed by atoms with van der Waals surface area (Å²) in [5, 5.41) is 12.2. The van der Waals surface area contributed by atoms with Crippen molar-refractivity contribution in [2.75, 3.05) is 19.6 Å². The van der Waals surface area contributed by atoms with Gasteiger partial charge in [0.1, 0.15) is 5.60 Å². The van der Waals surface area contributed by atoms with Gasteiger partial charge in [-0.25, -0.2) is 4.79 Å². The van der Waals surface area contributed by atoms with Crippen LogP contribution in [0.4, 0.5) is 4.79 Å². The maximum absolute atomic E-state index is 12.1. The van der Waals surface area contributed by atoms with Gasteiger partial charge in [0.15, 0.2) is 0 Å². The normalized spacial score (nSPS) is 18.6. The summed E-state index contributed by atoms with van der Waals surface area (Å²) in [5.41, 5.74) is 1.35. The Morgan fingerprint density at radius 2 is 2.09 bits per heavy atom. The predicted octanol–water partition coefficient (Wildman–Crippen LogP) is 2.31. The maximum Gasteiger partial charge on any atom is 0.410 e. The third-order valence-electron chi connectivity index (χ3n) is 3.47. The van der Waals surface area contributed by atoms with E-state index in [9.17, 15) is 4.79 Å². The summed E-state index contributed by atoms with van der Waals surface area (Å²) < 4.78 is 5.43. The number of ether oxygens (including phenoxy) is 1. The molecule has 0 aliphatic carbocycles. The summed E-state index contributed by atoms with van der Waals surface area (Å²) in [4.78, 5) is 13.9. The average Bonchev–Trinajstić information content (AvgIpc) is 2.46. The van der Waals surface area contributed by atoms with Crippen LogP contribution in [0.5, 0.6) is 0 Å². The third-order valence-corrected chi connectivity index (χ3v) is 3.47. The molecule has 1 aromatic rings. The van der Waals surface area contributed by atoms with Gasteiger partial charge < -0.3 is 15.0 Å². The van der Waals surface area contributed by atoms with Gasteiger partial charge in [-0.3, -0.25) is 0 Å². The Balaban J connectivity index is 1.92. The summed E-state index contributed by atoms with van der Waals surface area (Å²) >= 11 is 0. The molecule has 0 unspecified atom stereocenters. The molecule has 0 spiro atoms. The SMILES string of the molecule is CC(C)(C)OC(=O)N1CCN[C@H](Cc2ccc(C#N)cc2)C1. The number of nitrogens with one attached hydrogen (secondary N) is 1. The number of nitriles is 1. The van der Waals surface area contributed by atoms with Crippen LogP contribution in [0.3, 0.4) is 0 Å². The Morgan fingerprint density at radius 1 is 1.41 bits per heavy atom. The van der Waals surface area contributed by atoms with Crippen molar-refractivity contribution in [1.29, 1.82) is 5.26 Å². The fraction of sp³-hybridized carbons (Fsp3) is 0.529. The molecule has 5 nitrogen and oxygen atoms in total. The van der Waals surface area contributed by atoms with Crippen LogP contribution < -0.4 is 5.32 Å². The van der Waals surface area contributed by atoms with E-state index in [1.54, 1.807) is 4.90 Å². The van der Waals surface area contributed by atoms with E-state index in [2.05, 4.69) is 11.4 Å². The number of nitrogens with zero attached hydrogens (tertiary/aromatic N) is 2. The minimum Gasteiger partial charge on any atom is -0.444 e. The van der Waals surface area contributed by atoms with E-state index >= 15 is 0 Å². The average molecular weight is 301 g/mol. The number of carbonyl (C=O) groups excluding carboxylic acids is 1. The first kappa shape index (κ1) is 16.3. The molecule has 22 heavy (non-hydrogen) atoms. The zero-order valence-corrected chi connectivity index (χ0v) is 13.4. The molecule has 118 valence electrons. The Labute approximate surface area is 131 Å². The molecule has 0 saturated carbocycles. The summed E-state index contributed by atoms with van der Waals surface area (Å²) in [5.74, 6) is 0. The zero-order chi connectivity index (χ0) is 16.2. The van der Waals surface area contributed by atoms with Gasteiger partial charge >= 0.3 is 6.09 Å². The van der Waals surface area contributed by atoms with Gasteiger partial charge in [0.05, 0.1) is 11.6 Å². The Morgan fingerprint density at radius 3 is 2.68 bits per heavy atom. The van der Waals surface area contributed by atoms with Gasteiger partial charge in [0.2, 0.25) is 0 Å². The van der Waals surface area contributed by atoms with E-state index in [1.807, 2.05) is 45.0 Å². The largest absolute Gasteiger partial charge is 0.444 e. The van der Waals surface area contributed by atoms with Gasteiger partial charge in [-0.15, -0.1) is 0 Å². The highest BCUT2D eigenvalue weighted by atomic mass is 16.6. The number of piperazine rings is 1. The molecule has 1 N–H and O–H groups in total. The van der Waals surface area contributed by atoms with Crippen molar-refractivity contribution < 1.29 is 9.53 Å². The lowest BCUT2D eigenvalue weighted by atomic mass is 10.0. The molecule has 2 rings (SSSR count). The van der Waals surface area contributed by atoms with E-state index in [0.29, 0.717) is 18.7 Å². The minimum absolute atomic E-state index is 0.203. The molecule has 1 amide bonds. The molecule has 0 radical (unpaired) electrons. The molecule has 0 bridgehead atoms. The van der Waals surface area contributed by atoms with Crippen molar-refractivity contribution >= 4 is 6.09 Å². The van der Waals surface area contributed by atoms with Crippen LogP contribution in [-0.2, 0) is 11.2 Å². The lowest BCUT2D eigenvalue weighted by molar-refractivity contribution is 0.0195. The molecular weight excluding hydrogens is 278 g/mol. The highest BCUT2D eigenvalue weighted by molar-refractivity contribution is 5.68. The first-order valence-electron chi connectivity index (χ1n) is 7.58. The second kappa shape index (κ2) is 6.80. The van der Waals surface area contributed by atoms with E-state index < -0.39 is 5.60 Å². The van der Waals surface area contributed by atoms with Crippen LogP contribution in [0.25, 0.3) is 0 Å². The van der Waals surface area contributed by atoms with E-state index in [4.69, 9.17) is 10.00 Å². The molecular formula is C17H23N3O2. The quantitative estimate of drug-likeness (QED) is 0.910. The fourth-order valence-corrected chi connectivity index (χ4v) is 2.45. The van der Waals surface area contributed by atoms with E-state index in [-0.39, 0.29) is 12.1 Å². The monoisotopic (exact) mass is 301 g/mol. The van der Waals surface area contributed by atoms with Crippen LogP contribution in [0, 0.1) is 11.3 Å². The van der Waals surface area contributed by atoms with Crippen LogP contribution in [-0.4, -0.2) is 42.3 Å². The van der Waals surface area contributed by atoms with Gasteiger partial charge in [-0.05, 0) is 44.9 Å². The van der Waals surface area contributed by atoms with Crippen molar-refractivity contribution in [1.82, 2.24) is 10.2 Å². The Kier molecular flexibility index (Phi) is 5.04. The first-order chi connectivity index (χ1) is 10.4. The number of amides is 1. The highest BCUT2D eigenvalue weighted by Crippen LogP contribution is 2.13. The second-order valence-electron chi connectivity index (χ2n) is 6.59. The molecule has 1 aliphatic rings. The number of rotatable bonds is 2. The summed E-state index contributed by atoms with van der Waals surface area (Å²) in [7, 11) is 0. The van der Waals surface area contributed by atoms with E-state index in [1.165, 1.54) is 0 Å². The van der Waals surface area contributed by atoms with Crippen molar-refractivity contribution in [2.45, 2.75) is 38.8 Å². The Bertz CT molecular complexity index is 555. The highest BCUT2D eigenvalue weighted by Gasteiger charge is 2.27. The fourth-order valence-electron chi connectivity index (χ4n) is 2.45. The van der Waals surface area contributed by atoms with Gasteiger partial charge in [0.25, 0.3) is 0 Å². The molecule has 1 aliphatic heterocycles. The van der Waals surface area contributed by atoms with Crippen LogP contribution >= 0.6 is 0 Å². The smallest absolute Gasteiger partial charge is 0.410 e. The summed E-state index contributed by atoms with van der Waals surface area (Å²) in [6, 6.07) is 9.90. The Hall–Kier alpha value is -2.06. The van der Waals surface area contributed by atoms with Crippen LogP contribution in [0.15, 0.2) is 24.3 Å². The first-order valence-corrected chi connectivity index (χ1v) is 7.58. The lowest BCUT2D eigenvalue weighted by Gasteiger charge is -2.35. The molecule has 1 atom stereocenters. The van der Waals surface area contributed by atoms with Gasteiger partial charge in [0, 0.05) is 25.7 Å². The van der Waals surface area contributed by atoms with Gasteiger partial charge in [-0.1, -0.05) is 12.1 Å². The van der Waals surface area contributed by atoms with Gasteiger partial charge in [-0.2, -0.15) is 5.26 Å². The van der Waals surface area contributed by atoms with E-state index in [0.717, 1.165) is 18.5 Å². The number of hydrogen-bond acceptors (Lipinski definition) is 4. The molecule has 1 saturated heterocycles. The predicted molar refractivity (Wildman–Crippen MR) is 84.5 cm³/mol. The molecule has 1 heterocycles. The van der Waals surface area contributed by atoms with Crippen LogP contribution in [0.1, 0.15) is 31.9 Å². The van der Waals surface area contributed by atoms with Crippen molar-refractivity contribution in [3.63, 3.8) is 0 Å². The maximum atomic E-state index is 12.1. The standard InChI is InChI=1S/C17H23N3O2/c1-17(2,3)22-16(21)20-9-8-19-15(12-20)10-13-4-6-14(11-18)7-5-13/h4-7,15,19H,8-10,12H2,1-3H3/t15-/m1/s1. The summed E-state index contributed by atoms with van der Waals surface area (Å²) in [6.45, 7) is 7.69. The zero-order valence-electron chi connectivity index (χ0n) is 13.4. The third kappa shape index (κ3) is 4.74. The lowest BCUT2D eigenvalue weighted by Crippen LogP contribution is -2.54. The molecule has 0 aromatic heterocycles. The molecule has 5 heteroatoms. The van der Waals surface area contributed by atoms with Crippen molar-refractivity contribution in [3.8, 4) is 6.07 Å². The number of benzene rings is 1.